The fraction of sp³-hybridized carbons (Fsp3) is 0.633. The summed E-state index contributed by atoms with van der Waals surface area (Å²) >= 11 is 0. The van der Waals surface area contributed by atoms with Gasteiger partial charge in [-0.05, 0) is 57.6 Å². The maximum atomic E-state index is 13.6. The van der Waals surface area contributed by atoms with Crippen LogP contribution in [0.3, 0.4) is 0 Å². The summed E-state index contributed by atoms with van der Waals surface area (Å²) < 4.78 is 8.71. The van der Waals surface area contributed by atoms with Gasteiger partial charge in [0.25, 0.3) is 5.91 Å². The van der Waals surface area contributed by atoms with Crippen LogP contribution in [-0.2, 0) is 11.3 Å². The predicted molar refractivity (Wildman–Crippen MR) is 146 cm³/mol. The minimum atomic E-state index is -0.105. The first-order valence-corrected chi connectivity index (χ1v) is 14.4. The van der Waals surface area contributed by atoms with E-state index in [-0.39, 0.29) is 24.0 Å². The quantitative estimate of drug-likeness (QED) is 0.526. The summed E-state index contributed by atoms with van der Waals surface area (Å²) in [6.07, 6.45) is 14.4. The van der Waals surface area contributed by atoms with Gasteiger partial charge < -0.3 is 19.1 Å². The molecule has 2 aromatic rings. The Morgan fingerprint density at radius 2 is 1.76 bits per heavy atom. The van der Waals surface area contributed by atoms with Crippen molar-refractivity contribution in [2.24, 2.45) is 0 Å². The van der Waals surface area contributed by atoms with Crippen LogP contribution in [0.1, 0.15) is 93.7 Å². The van der Waals surface area contributed by atoms with Crippen LogP contribution < -0.4 is 4.74 Å². The number of fused-ring (bicyclic) bond motifs is 2. The van der Waals surface area contributed by atoms with Crippen LogP contribution in [0.15, 0.2) is 36.7 Å². The highest BCUT2D eigenvalue weighted by atomic mass is 16.5. The van der Waals surface area contributed by atoms with Crippen molar-refractivity contribution in [3.8, 4) is 5.75 Å². The number of hydrogen-bond donors (Lipinski definition) is 0. The molecule has 2 amide bonds. The lowest BCUT2D eigenvalue weighted by molar-refractivity contribution is -0.137. The molecule has 0 radical (unpaired) electrons. The lowest BCUT2D eigenvalue weighted by atomic mass is 9.90. The summed E-state index contributed by atoms with van der Waals surface area (Å²) in [5, 5.41) is 0. The van der Waals surface area contributed by atoms with Crippen molar-refractivity contribution in [1.82, 2.24) is 19.4 Å². The first-order valence-electron chi connectivity index (χ1n) is 14.4. The van der Waals surface area contributed by atoms with Crippen molar-refractivity contribution in [3.63, 3.8) is 0 Å². The van der Waals surface area contributed by atoms with Gasteiger partial charge in [0.15, 0.2) is 0 Å². The monoisotopic (exact) mass is 508 g/mol. The zero-order valence-corrected chi connectivity index (χ0v) is 22.7. The van der Waals surface area contributed by atoms with E-state index in [1.54, 1.807) is 6.20 Å². The van der Waals surface area contributed by atoms with Crippen molar-refractivity contribution in [2.45, 2.75) is 103 Å². The Labute approximate surface area is 222 Å². The number of aromatic nitrogens is 2. The Hall–Kier alpha value is -2.83. The molecule has 202 valence electrons. The van der Waals surface area contributed by atoms with Gasteiger partial charge in [-0.1, -0.05) is 44.7 Å². The van der Waals surface area contributed by atoms with E-state index >= 15 is 0 Å². The number of nitrogens with zero attached hydrogens (tertiary/aromatic N) is 4. The minimum Gasteiger partial charge on any atom is -0.487 e. The summed E-state index contributed by atoms with van der Waals surface area (Å²) in [4.78, 5) is 35.6. The van der Waals surface area contributed by atoms with Gasteiger partial charge >= 0.3 is 0 Å². The summed E-state index contributed by atoms with van der Waals surface area (Å²) in [5.74, 6) is 1.84. The average Bonchev–Trinajstić information content (AvgIpc) is 3.32. The first-order chi connectivity index (χ1) is 18.1. The molecular formula is C30H44N4O3. The van der Waals surface area contributed by atoms with E-state index in [0.29, 0.717) is 24.3 Å². The van der Waals surface area contributed by atoms with Crippen LogP contribution in [0.2, 0.25) is 0 Å². The molecule has 1 aromatic carbocycles. The van der Waals surface area contributed by atoms with Crippen molar-refractivity contribution < 1.29 is 14.3 Å². The van der Waals surface area contributed by atoms with Gasteiger partial charge in [-0.25, -0.2) is 4.98 Å². The average molecular weight is 509 g/mol. The molecule has 2 atom stereocenters. The van der Waals surface area contributed by atoms with E-state index in [0.717, 1.165) is 89.7 Å². The second-order valence-corrected chi connectivity index (χ2v) is 10.6. The Morgan fingerprint density at radius 3 is 2.54 bits per heavy atom. The van der Waals surface area contributed by atoms with E-state index in [4.69, 9.17) is 4.74 Å². The van der Waals surface area contributed by atoms with E-state index in [2.05, 4.69) is 16.8 Å². The highest BCUT2D eigenvalue weighted by Gasteiger charge is 2.35. The fourth-order valence-electron chi connectivity index (χ4n) is 5.83. The van der Waals surface area contributed by atoms with Crippen molar-refractivity contribution in [2.75, 3.05) is 19.6 Å². The molecule has 1 aliphatic carbocycles. The van der Waals surface area contributed by atoms with Gasteiger partial charge in [0.2, 0.25) is 5.91 Å². The molecule has 1 aliphatic heterocycles. The van der Waals surface area contributed by atoms with Gasteiger partial charge in [0.05, 0.1) is 11.6 Å². The number of para-hydroxylation sites is 1. The molecule has 37 heavy (non-hydrogen) atoms. The highest BCUT2D eigenvalue weighted by molar-refractivity contribution is 5.97. The molecule has 7 nitrogen and oxygen atoms in total. The Kier molecular flexibility index (Phi) is 10.0. The standard InChI is InChI=1S/C30H44N4O3/c1-3-19-33-20-11-5-4-6-12-21-34(29(35)17-22-32-23-18-31-24(32)2)26-14-8-10-16-28(26)37-27-15-9-7-13-25(27)30(33)36/h7,9,13,15,18,23,26,28H,3-6,8,10-12,14,16-17,19-22H2,1-2H3/t26-,28+/m1/s1. The largest absolute Gasteiger partial charge is 0.487 e. The molecule has 0 unspecified atom stereocenters. The molecule has 2 aliphatic rings. The maximum Gasteiger partial charge on any atom is 0.257 e. The number of benzene rings is 1. The van der Waals surface area contributed by atoms with E-state index < -0.39 is 0 Å². The molecule has 1 fully saturated rings. The van der Waals surface area contributed by atoms with Crippen LogP contribution >= 0.6 is 0 Å². The summed E-state index contributed by atoms with van der Waals surface area (Å²) in [6, 6.07) is 7.72. The third kappa shape index (κ3) is 7.14. The number of amides is 2. The lowest BCUT2D eigenvalue weighted by Gasteiger charge is -2.40. The fourth-order valence-corrected chi connectivity index (χ4v) is 5.83. The summed E-state index contributed by atoms with van der Waals surface area (Å²) in [7, 11) is 0. The Bertz CT molecular complexity index is 1020. The Morgan fingerprint density at radius 1 is 1.00 bits per heavy atom. The smallest absolute Gasteiger partial charge is 0.257 e. The maximum absolute atomic E-state index is 13.6. The summed E-state index contributed by atoms with van der Waals surface area (Å²) in [5.41, 5.74) is 0.642. The van der Waals surface area contributed by atoms with Crippen molar-refractivity contribution in [1.29, 1.82) is 0 Å². The molecule has 0 bridgehead atoms. The molecule has 7 heteroatoms. The highest BCUT2D eigenvalue weighted by Crippen LogP contribution is 2.31. The number of ether oxygens (including phenoxy) is 1. The third-order valence-electron chi connectivity index (χ3n) is 7.88. The minimum absolute atomic E-state index is 0.0326. The molecule has 0 saturated heterocycles. The van der Waals surface area contributed by atoms with Crippen LogP contribution in [0.4, 0.5) is 0 Å². The Balaban J connectivity index is 1.58. The van der Waals surface area contributed by atoms with Crippen molar-refractivity contribution in [3.05, 3.63) is 48.0 Å². The number of hydrogen-bond acceptors (Lipinski definition) is 4. The second-order valence-electron chi connectivity index (χ2n) is 10.6. The van der Waals surface area contributed by atoms with Gasteiger partial charge in [0.1, 0.15) is 17.7 Å². The van der Waals surface area contributed by atoms with Gasteiger partial charge in [-0.15, -0.1) is 0 Å². The van der Waals surface area contributed by atoms with E-state index in [9.17, 15) is 9.59 Å². The van der Waals surface area contributed by atoms with Crippen LogP contribution in [0.25, 0.3) is 0 Å². The molecule has 1 aromatic heterocycles. The number of rotatable bonds is 5. The SMILES string of the molecule is CCCN1CCCCCCCN(C(=O)CCn2ccnc2C)[C@@H]2CCCC[C@@H]2Oc2ccccc2C1=O. The van der Waals surface area contributed by atoms with Crippen LogP contribution in [0.5, 0.6) is 5.75 Å². The van der Waals surface area contributed by atoms with Crippen LogP contribution in [0, 0.1) is 6.92 Å². The molecule has 0 N–H and O–H groups in total. The van der Waals surface area contributed by atoms with E-state index in [1.807, 2.05) is 46.9 Å². The number of carbonyl (C=O) groups excluding carboxylic acids is 2. The lowest BCUT2D eigenvalue weighted by Crippen LogP contribution is -2.51. The normalized spacial score (nSPS) is 21.8. The number of imidazole rings is 1. The molecule has 0 spiro atoms. The van der Waals surface area contributed by atoms with Gasteiger partial charge in [0, 0.05) is 45.0 Å². The first kappa shape index (κ1) is 27.2. The van der Waals surface area contributed by atoms with Gasteiger partial charge in [-0.2, -0.15) is 0 Å². The molecule has 2 heterocycles. The van der Waals surface area contributed by atoms with E-state index in [1.165, 1.54) is 0 Å². The zero-order valence-electron chi connectivity index (χ0n) is 22.7. The van der Waals surface area contributed by atoms with Gasteiger partial charge in [-0.3, -0.25) is 9.59 Å². The summed E-state index contributed by atoms with van der Waals surface area (Å²) in [6.45, 7) is 7.06. The second kappa shape index (κ2) is 13.6. The van der Waals surface area contributed by atoms with Crippen LogP contribution in [-0.4, -0.2) is 62.9 Å². The molecule has 1 saturated carbocycles. The zero-order chi connectivity index (χ0) is 26.0. The third-order valence-corrected chi connectivity index (χ3v) is 7.88. The number of carbonyl (C=O) groups is 2. The van der Waals surface area contributed by atoms with Crippen molar-refractivity contribution >= 4 is 11.8 Å². The topological polar surface area (TPSA) is 67.7 Å². The molecule has 4 rings (SSSR count). The molecular weight excluding hydrogens is 464 g/mol. The number of aryl methyl sites for hydroxylation is 2. The predicted octanol–water partition coefficient (Wildman–Crippen LogP) is 5.62.